The highest BCUT2D eigenvalue weighted by atomic mass is 79.9. The molecule has 2 heterocycles. The van der Waals surface area contributed by atoms with E-state index in [1.54, 1.807) is 0 Å². The topological polar surface area (TPSA) is 37.3 Å². The van der Waals surface area contributed by atoms with E-state index in [1.165, 1.54) is 11.3 Å². The molecule has 0 fully saturated rings. The number of nitrogens with one attached hydrogen (secondary N) is 1. The lowest BCUT2D eigenvalue weighted by molar-refractivity contribution is 1.16. The van der Waals surface area contributed by atoms with Crippen molar-refractivity contribution in [1.82, 2.24) is 9.38 Å². The molecule has 0 aliphatic carbocycles. The summed E-state index contributed by atoms with van der Waals surface area (Å²) < 4.78 is 3.68. The summed E-state index contributed by atoms with van der Waals surface area (Å²) in [5, 5.41) is 0.645. The summed E-state index contributed by atoms with van der Waals surface area (Å²) in [5.41, 5.74) is 2.53. The second-order valence-electron chi connectivity index (χ2n) is 4.86. The zero-order valence-electron chi connectivity index (χ0n) is 11.2. The van der Waals surface area contributed by atoms with Gasteiger partial charge in [0.05, 0.1) is 15.8 Å². The predicted octanol–water partition coefficient (Wildman–Crippen LogP) is 5.00. The van der Waals surface area contributed by atoms with Crippen LogP contribution in [0.4, 0.5) is 0 Å². The van der Waals surface area contributed by atoms with Crippen LogP contribution in [0, 0.1) is 3.95 Å². The molecule has 0 radical (unpaired) electrons. The molecule has 0 unspecified atom stereocenters. The third kappa shape index (κ3) is 2.06. The molecule has 0 amide bonds. The fraction of sp³-hybridized carbons (Fsp3) is 0. The van der Waals surface area contributed by atoms with Crippen molar-refractivity contribution in [3.63, 3.8) is 0 Å². The van der Waals surface area contributed by atoms with Gasteiger partial charge in [-0.05, 0) is 42.0 Å². The fourth-order valence-electron chi connectivity index (χ4n) is 2.54. The Morgan fingerprint density at radius 3 is 2.59 bits per heavy atom. The zero-order valence-corrected chi connectivity index (χ0v) is 14.4. The Balaban J connectivity index is 2.17. The first-order valence-electron chi connectivity index (χ1n) is 6.58. The molecule has 6 heteroatoms. The molecule has 0 saturated heterocycles. The van der Waals surface area contributed by atoms with E-state index >= 15 is 0 Å². The van der Waals surface area contributed by atoms with Crippen molar-refractivity contribution in [2.24, 2.45) is 0 Å². The molecule has 0 aliphatic heterocycles. The van der Waals surface area contributed by atoms with Gasteiger partial charge < -0.3 is 4.98 Å². The van der Waals surface area contributed by atoms with Crippen LogP contribution in [0.1, 0.15) is 0 Å². The summed E-state index contributed by atoms with van der Waals surface area (Å²) in [6.07, 6.45) is 0. The summed E-state index contributed by atoms with van der Waals surface area (Å²) in [6, 6.07) is 15.5. The average molecular weight is 389 g/mol. The summed E-state index contributed by atoms with van der Waals surface area (Å²) in [5.74, 6) is 0. The highest BCUT2D eigenvalue weighted by Crippen LogP contribution is 2.32. The zero-order chi connectivity index (χ0) is 15.3. The Kier molecular flexibility index (Phi) is 3.25. The Labute approximate surface area is 143 Å². The Hall–Kier alpha value is -1.76. The van der Waals surface area contributed by atoms with Crippen molar-refractivity contribution in [2.45, 2.75) is 0 Å². The van der Waals surface area contributed by atoms with Gasteiger partial charge in [0.1, 0.15) is 5.65 Å². The molecule has 0 atom stereocenters. The van der Waals surface area contributed by atoms with Crippen LogP contribution in [-0.2, 0) is 0 Å². The van der Waals surface area contributed by atoms with E-state index in [1.807, 2.05) is 52.9 Å². The number of nitrogens with zero attached hydrogens (tertiary/aromatic N) is 1. The van der Waals surface area contributed by atoms with Crippen LogP contribution >= 0.6 is 39.5 Å². The largest absolute Gasteiger partial charge is 0.306 e. The maximum atomic E-state index is 12.3. The van der Waals surface area contributed by atoms with E-state index < -0.39 is 0 Å². The highest BCUT2D eigenvalue weighted by molar-refractivity contribution is 9.10. The molecule has 0 spiro atoms. The van der Waals surface area contributed by atoms with E-state index in [0.717, 1.165) is 30.0 Å². The minimum Gasteiger partial charge on any atom is -0.306 e. The minimum atomic E-state index is -0.0956. The van der Waals surface area contributed by atoms with Crippen molar-refractivity contribution >= 4 is 56.0 Å². The predicted molar refractivity (Wildman–Crippen MR) is 97.4 cm³/mol. The first kappa shape index (κ1) is 13.9. The van der Waals surface area contributed by atoms with Gasteiger partial charge in [0.2, 0.25) is 0 Å². The first-order valence-corrected chi connectivity index (χ1v) is 8.59. The van der Waals surface area contributed by atoms with E-state index in [9.17, 15) is 4.79 Å². The molecule has 22 heavy (non-hydrogen) atoms. The van der Waals surface area contributed by atoms with Gasteiger partial charge in [0, 0.05) is 4.47 Å². The number of fused-ring (bicyclic) bond motifs is 3. The van der Waals surface area contributed by atoms with Gasteiger partial charge in [0.15, 0.2) is 3.95 Å². The smallest absolute Gasteiger partial charge is 0.258 e. The van der Waals surface area contributed by atoms with Crippen LogP contribution in [0.3, 0.4) is 0 Å². The highest BCUT2D eigenvalue weighted by Gasteiger charge is 2.13. The summed E-state index contributed by atoms with van der Waals surface area (Å²) in [4.78, 5) is 16.3. The number of rotatable bonds is 1. The number of aromatic amines is 1. The molecule has 3 nitrogen and oxygen atoms in total. The molecular formula is C16H9BrN2OS2. The van der Waals surface area contributed by atoms with Gasteiger partial charge in [0.25, 0.3) is 5.56 Å². The molecule has 0 saturated carbocycles. The van der Waals surface area contributed by atoms with Gasteiger partial charge in [-0.25, -0.2) is 0 Å². The van der Waals surface area contributed by atoms with Crippen LogP contribution in [0.15, 0.2) is 57.8 Å². The molecule has 4 rings (SSSR count). The SMILES string of the molecule is O=c1[nH]c2c(-c3ccc(Br)cc3)sc(=S)n2c2ccccc12. The number of H-pyrrole nitrogens is 1. The lowest BCUT2D eigenvalue weighted by atomic mass is 10.2. The third-order valence-electron chi connectivity index (χ3n) is 3.54. The lowest BCUT2D eigenvalue weighted by Crippen LogP contribution is -2.09. The lowest BCUT2D eigenvalue weighted by Gasteiger charge is -2.03. The van der Waals surface area contributed by atoms with E-state index in [0.29, 0.717) is 5.39 Å². The number of hydrogen-bond acceptors (Lipinski definition) is 3. The Bertz CT molecular complexity index is 1120. The maximum Gasteiger partial charge on any atom is 0.258 e. The second kappa shape index (κ2) is 5.15. The Morgan fingerprint density at radius 1 is 1.09 bits per heavy atom. The van der Waals surface area contributed by atoms with Crippen LogP contribution in [-0.4, -0.2) is 9.38 Å². The summed E-state index contributed by atoms with van der Waals surface area (Å²) >= 11 is 10.5. The summed E-state index contributed by atoms with van der Waals surface area (Å²) in [6.45, 7) is 0. The molecule has 108 valence electrons. The first-order chi connectivity index (χ1) is 10.6. The van der Waals surface area contributed by atoms with E-state index in [4.69, 9.17) is 12.2 Å². The number of aromatic nitrogens is 2. The molecule has 0 bridgehead atoms. The average Bonchev–Trinajstić information content (AvgIpc) is 2.85. The van der Waals surface area contributed by atoms with Crippen molar-refractivity contribution < 1.29 is 0 Å². The van der Waals surface area contributed by atoms with E-state index in [2.05, 4.69) is 20.9 Å². The maximum absolute atomic E-state index is 12.3. The van der Waals surface area contributed by atoms with Crippen LogP contribution in [0.5, 0.6) is 0 Å². The van der Waals surface area contributed by atoms with Crippen LogP contribution in [0.2, 0.25) is 0 Å². The van der Waals surface area contributed by atoms with Gasteiger partial charge in [-0.2, -0.15) is 0 Å². The Morgan fingerprint density at radius 2 is 1.82 bits per heavy atom. The molecule has 0 aliphatic rings. The number of para-hydroxylation sites is 1. The number of thiazole rings is 1. The van der Waals surface area contributed by atoms with Crippen molar-refractivity contribution in [3.8, 4) is 10.4 Å². The van der Waals surface area contributed by atoms with Gasteiger partial charge in [-0.1, -0.05) is 40.2 Å². The van der Waals surface area contributed by atoms with E-state index in [-0.39, 0.29) is 5.56 Å². The number of halogens is 1. The monoisotopic (exact) mass is 388 g/mol. The van der Waals surface area contributed by atoms with Gasteiger partial charge in [-0.3, -0.25) is 9.20 Å². The molecule has 2 aromatic carbocycles. The van der Waals surface area contributed by atoms with Crippen molar-refractivity contribution in [3.05, 3.63) is 67.3 Å². The molecule has 1 N–H and O–H groups in total. The molecule has 2 aromatic heterocycles. The minimum absolute atomic E-state index is 0.0956. The quantitative estimate of drug-likeness (QED) is 0.465. The normalized spacial score (nSPS) is 11.3. The van der Waals surface area contributed by atoms with Gasteiger partial charge >= 0.3 is 0 Å². The third-order valence-corrected chi connectivity index (χ3v) is 5.49. The molecular weight excluding hydrogens is 380 g/mol. The standard InChI is InChI=1S/C16H9BrN2OS2/c17-10-7-5-9(6-8-10)13-14-18-15(20)11-3-1-2-4-12(11)19(14)16(21)22-13/h1-8H,(H,18,20). The van der Waals surface area contributed by atoms with Crippen LogP contribution < -0.4 is 5.56 Å². The van der Waals surface area contributed by atoms with Crippen molar-refractivity contribution in [1.29, 1.82) is 0 Å². The molecule has 4 aromatic rings. The summed E-state index contributed by atoms with van der Waals surface area (Å²) in [7, 11) is 0. The number of hydrogen-bond donors (Lipinski definition) is 1. The second-order valence-corrected chi connectivity index (χ2v) is 7.42. The number of benzene rings is 2. The fourth-order valence-corrected chi connectivity index (χ4v) is 4.19. The van der Waals surface area contributed by atoms with Crippen LogP contribution in [0.25, 0.3) is 27.0 Å². The van der Waals surface area contributed by atoms with Crippen molar-refractivity contribution in [2.75, 3.05) is 0 Å². The van der Waals surface area contributed by atoms with Gasteiger partial charge in [-0.15, -0.1) is 11.3 Å².